The van der Waals surface area contributed by atoms with Crippen LogP contribution < -0.4 is 10.2 Å². The van der Waals surface area contributed by atoms with Crippen molar-refractivity contribution >= 4 is 34.5 Å². The minimum Gasteiger partial charge on any atom is -0.467 e. The molecule has 3 aromatic heterocycles. The number of β-amino-alcohol motifs (C(OH)–C–C–N with tert-alkyl or cyclic N) is 1. The molecule has 0 bridgehead atoms. The zero-order chi connectivity index (χ0) is 15.1. The number of aromatic nitrogens is 4. The van der Waals surface area contributed by atoms with Crippen molar-refractivity contribution in [3.8, 4) is 0 Å². The molecule has 4 heterocycles. The predicted molar refractivity (Wildman–Crippen MR) is 80.9 cm³/mol. The van der Waals surface area contributed by atoms with Crippen LogP contribution in [-0.2, 0) is 6.54 Å². The van der Waals surface area contributed by atoms with Gasteiger partial charge in [-0.15, -0.1) is 0 Å². The highest BCUT2D eigenvalue weighted by Gasteiger charge is 2.27. The summed E-state index contributed by atoms with van der Waals surface area (Å²) in [6, 6.07) is 3.69. The van der Waals surface area contributed by atoms with E-state index < -0.39 is 0 Å². The third kappa shape index (κ3) is 2.36. The molecule has 0 amide bonds. The van der Waals surface area contributed by atoms with Crippen LogP contribution in [0.2, 0.25) is 5.28 Å². The molecule has 3 N–H and O–H groups in total. The van der Waals surface area contributed by atoms with Gasteiger partial charge in [0.25, 0.3) is 0 Å². The maximum atomic E-state index is 9.39. The van der Waals surface area contributed by atoms with Crippen LogP contribution >= 0.6 is 11.6 Å². The number of anilines is 2. The predicted octanol–water partition coefficient (Wildman–Crippen LogP) is 1.39. The van der Waals surface area contributed by atoms with Crippen molar-refractivity contribution < 1.29 is 9.52 Å². The van der Waals surface area contributed by atoms with E-state index in [1.54, 1.807) is 6.26 Å². The van der Waals surface area contributed by atoms with Crippen molar-refractivity contribution in [2.45, 2.75) is 12.6 Å². The maximum absolute atomic E-state index is 9.39. The van der Waals surface area contributed by atoms with Gasteiger partial charge >= 0.3 is 0 Å². The average molecular weight is 321 g/mol. The Labute approximate surface area is 130 Å². The minimum absolute atomic E-state index is 0.121. The van der Waals surface area contributed by atoms with Crippen LogP contribution in [0.5, 0.6) is 0 Å². The molecule has 0 atom stereocenters. The SMILES string of the molecule is OC1CN(c2nc3nc(Cl)nc(NCc4ccco4)c3[nH]2)C1. The van der Waals surface area contributed by atoms with Crippen LogP contribution in [0.15, 0.2) is 22.8 Å². The highest BCUT2D eigenvalue weighted by Crippen LogP contribution is 2.26. The van der Waals surface area contributed by atoms with E-state index in [1.807, 2.05) is 17.0 Å². The molecule has 0 aromatic carbocycles. The summed E-state index contributed by atoms with van der Waals surface area (Å²) in [7, 11) is 0. The molecule has 1 aliphatic rings. The van der Waals surface area contributed by atoms with Crippen LogP contribution in [-0.4, -0.2) is 44.2 Å². The number of rotatable bonds is 4. The van der Waals surface area contributed by atoms with Gasteiger partial charge < -0.3 is 24.7 Å². The summed E-state index contributed by atoms with van der Waals surface area (Å²) in [6.07, 6.45) is 1.31. The summed E-state index contributed by atoms with van der Waals surface area (Å²) in [5.41, 5.74) is 1.16. The Balaban J connectivity index is 1.64. The van der Waals surface area contributed by atoms with Gasteiger partial charge in [-0.3, -0.25) is 0 Å². The topological polar surface area (TPSA) is 103 Å². The Morgan fingerprint density at radius 1 is 1.41 bits per heavy atom. The van der Waals surface area contributed by atoms with Gasteiger partial charge in [0, 0.05) is 13.1 Å². The molecule has 4 rings (SSSR count). The average Bonchev–Trinajstić information content (AvgIpc) is 3.10. The molecule has 0 unspecified atom stereocenters. The highest BCUT2D eigenvalue weighted by molar-refractivity contribution is 6.28. The molecular formula is C13H13ClN6O2. The molecule has 1 fully saturated rings. The molecule has 8 nitrogen and oxygen atoms in total. The Kier molecular flexibility index (Phi) is 3.12. The Bertz CT molecular complexity index is 796. The van der Waals surface area contributed by atoms with Gasteiger partial charge in [-0.05, 0) is 23.7 Å². The summed E-state index contributed by atoms with van der Waals surface area (Å²) in [6.45, 7) is 1.58. The van der Waals surface area contributed by atoms with E-state index in [9.17, 15) is 5.11 Å². The molecule has 1 saturated heterocycles. The van der Waals surface area contributed by atoms with Crippen LogP contribution in [0.4, 0.5) is 11.8 Å². The Morgan fingerprint density at radius 3 is 3.00 bits per heavy atom. The molecule has 114 valence electrons. The number of furan rings is 1. The van der Waals surface area contributed by atoms with Crippen LogP contribution in [0.25, 0.3) is 11.2 Å². The van der Waals surface area contributed by atoms with Crippen molar-refractivity contribution in [1.82, 2.24) is 19.9 Å². The zero-order valence-electron chi connectivity index (χ0n) is 11.5. The lowest BCUT2D eigenvalue weighted by Crippen LogP contribution is -2.51. The largest absolute Gasteiger partial charge is 0.467 e. The molecule has 9 heteroatoms. The number of H-pyrrole nitrogens is 1. The first-order valence-corrected chi connectivity index (χ1v) is 7.19. The van der Waals surface area contributed by atoms with Gasteiger partial charge in [0.2, 0.25) is 11.2 Å². The Hall–Kier alpha value is -2.32. The maximum Gasteiger partial charge on any atom is 0.226 e. The second kappa shape index (κ2) is 5.15. The van der Waals surface area contributed by atoms with E-state index in [0.29, 0.717) is 42.6 Å². The second-order valence-electron chi connectivity index (χ2n) is 5.09. The number of hydrogen-bond acceptors (Lipinski definition) is 7. The highest BCUT2D eigenvalue weighted by atomic mass is 35.5. The van der Waals surface area contributed by atoms with Crippen molar-refractivity contribution in [2.75, 3.05) is 23.3 Å². The van der Waals surface area contributed by atoms with Gasteiger partial charge in [-0.1, -0.05) is 0 Å². The van der Waals surface area contributed by atoms with E-state index in [0.717, 1.165) is 5.76 Å². The fourth-order valence-electron chi connectivity index (χ4n) is 2.35. The first-order valence-electron chi connectivity index (χ1n) is 6.81. The van der Waals surface area contributed by atoms with Crippen LogP contribution in [0, 0.1) is 0 Å². The number of aliphatic hydroxyl groups is 1. The number of aromatic amines is 1. The fraction of sp³-hybridized carbons (Fsp3) is 0.308. The molecule has 0 aliphatic carbocycles. The fourth-order valence-corrected chi connectivity index (χ4v) is 2.51. The number of hydrogen-bond donors (Lipinski definition) is 3. The summed E-state index contributed by atoms with van der Waals surface area (Å²) in [5, 5.41) is 12.7. The lowest BCUT2D eigenvalue weighted by atomic mass is 10.2. The van der Waals surface area contributed by atoms with Crippen molar-refractivity contribution in [1.29, 1.82) is 0 Å². The molecule has 0 radical (unpaired) electrons. The standard InChI is InChI=1S/C13H13ClN6O2/c14-12-17-10(15-4-8-2-1-3-22-8)9-11(18-12)19-13(16-9)20-5-7(21)6-20/h1-3,7,21H,4-6H2,(H2,15,16,17,18,19). The third-order valence-corrected chi connectivity index (χ3v) is 3.65. The quantitative estimate of drug-likeness (QED) is 0.624. The van der Waals surface area contributed by atoms with Gasteiger partial charge in [0.05, 0.1) is 18.9 Å². The van der Waals surface area contributed by atoms with Crippen molar-refractivity contribution in [3.05, 3.63) is 29.4 Å². The smallest absolute Gasteiger partial charge is 0.226 e. The van der Waals surface area contributed by atoms with E-state index in [1.165, 1.54) is 0 Å². The lowest BCUT2D eigenvalue weighted by Gasteiger charge is -2.35. The van der Waals surface area contributed by atoms with E-state index in [-0.39, 0.29) is 11.4 Å². The van der Waals surface area contributed by atoms with Gasteiger partial charge in [0.1, 0.15) is 11.3 Å². The summed E-state index contributed by atoms with van der Waals surface area (Å²) in [5.74, 6) is 2.00. The summed E-state index contributed by atoms with van der Waals surface area (Å²) in [4.78, 5) is 17.8. The lowest BCUT2D eigenvalue weighted by molar-refractivity contribution is 0.140. The molecule has 0 spiro atoms. The normalized spacial score (nSPS) is 15.3. The van der Waals surface area contributed by atoms with Crippen LogP contribution in [0.1, 0.15) is 5.76 Å². The van der Waals surface area contributed by atoms with E-state index >= 15 is 0 Å². The number of nitrogens with one attached hydrogen (secondary N) is 2. The Morgan fingerprint density at radius 2 is 2.27 bits per heavy atom. The minimum atomic E-state index is -0.306. The van der Waals surface area contributed by atoms with Crippen LogP contribution in [0.3, 0.4) is 0 Å². The third-order valence-electron chi connectivity index (χ3n) is 3.48. The zero-order valence-corrected chi connectivity index (χ0v) is 12.2. The molecule has 22 heavy (non-hydrogen) atoms. The van der Waals surface area contributed by atoms with Gasteiger partial charge in [-0.2, -0.15) is 15.0 Å². The number of fused-ring (bicyclic) bond motifs is 1. The summed E-state index contributed by atoms with van der Waals surface area (Å²) < 4.78 is 5.28. The number of aliphatic hydroxyl groups excluding tert-OH is 1. The van der Waals surface area contributed by atoms with E-state index in [4.69, 9.17) is 16.0 Å². The van der Waals surface area contributed by atoms with Crippen molar-refractivity contribution in [2.24, 2.45) is 0 Å². The molecule has 1 aliphatic heterocycles. The van der Waals surface area contributed by atoms with Gasteiger partial charge in [0.15, 0.2) is 11.5 Å². The molecular weight excluding hydrogens is 308 g/mol. The molecule has 0 saturated carbocycles. The number of imidazole rings is 1. The number of nitrogens with zero attached hydrogens (tertiary/aromatic N) is 4. The monoisotopic (exact) mass is 320 g/mol. The van der Waals surface area contributed by atoms with Gasteiger partial charge in [-0.25, -0.2) is 0 Å². The summed E-state index contributed by atoms with van der Waals surface area (Å²) >= 11 is 5.95. The van der Waals surface area contributed by atoms with Crippen molar-refractivity contribution in [3.63, 3.8) is 0 Å². The number of halogens is 1. The second-order valence-corrected chi connectivity index (χ2v) is 5.43. The molecule has 3 aromatic rings. The first kappa shape index (κ1) is 13.4. The van der Waals surface area contributed by atoms with E-state index in [2.05, 4.69) is 25.3 Å². The first-order chi connectivity index (χ1) is 10.7.